The van der Waals surface area contributed by atoms with Crippen molar-refractivity contribution in [3.8, 4) is 11.5 Å². The predicted octanol–water partition coefficient (Wildman–Crippen LogP) is 2.66. The summed E-state index contributed by atoms with van der Waals surface area (Å²) in [7, 11) is 0. The van der Waals surface area contributed by atoms with Gasteiger partial charge in [-0.05, 0) is 31.9 Å². The minimum absolute atomic E-state index is 0.0623. The Bertz CT molecular complexity index is 632. The van der Waals surface area contributed by atoms with Gasteiger partial charge in [0.2, 0.25) is 0 Å². The second-order valence-corrected chi connectivity index (χ2v) is 4.60. The van der Waals surface area contributed by atoms with Gasteiger partial charge in [0.1, 0.15) is 5.69 Å². The molecule has 0 amide bonds. The van der Waals surface area contributed by atoms with Crippen molar-refractivity contribution in [3.05, 3.63) is 45.5 Å². The lowest BCUT2D eigenvalue weighted by molar-refractivity contribution is 0.879. The third-order valence-corrected chi connectivity index (χ3v) is 3.13. The van der Waals surface area contributed by atoms with Crippen molar-refractivity contribution in [1.82, 2.24) is 15.0 Å². The van der Waals surface area contributed by atoms with Crippen molar-refractivity contribution in [2.75, 3.05) is 0 Å². The van der Waals surface area contributed by atoms with E-state index in [9.17, 15) is 4.79 Å². The van der Waals surface area contributed by atoms with Crippen molar-refractivity contribution in [3.63, 3.8) is 0 Å². The van der Waals surface area contributed by atoms with Gasteiger partial charge in [-0.3, -0.25) is 4.79 Å². The number of hydrogen-bond donors (Lipinski definition) is 1. The van der Waals surface area contributed by atoms with Crippen LogP contribution in [0.1, 0.15) is 37.2 Å². The molecular weight excluding hydrogens is 238 g/mol. The first-order valence-electron chi connectivity index (χ1n) is 6.71. The summed E-state index contributed by atoms with van der Waals surface area (Å²) in [6.07, 6.45) is 2.68. The fourth-order valence-electron chi connectivity index (χ4n) is 2.15. The number of pyridine rings is 1. The van der Waals surface area contributed by atoms with E-state index in [0.717, 1.165) is 35.5 Å². The molecular formula is C15H19N3O. The van der Waals surface area contributed by atoms with Crippen LogP contribution in [0.25, 0.3) is 11.5 Å². The van der Waals surface area contributed by atoms with E-state index < -0.39 is 0 Å². The zero-order chi connectivity index (χ0) is 13.8. The highest BCUT2D eigenvalue weighted by Gasteiger charge is 2.09. The monoisotopic (exact) mass is 257 g/mol. The molecule has 2 aromatic heterocycles. The first-order valence-corrected chi connectivity index (χ1v) is 6.71. The van der Waals surface area contributed by atoms with Crippen LogP contribution in [0.5, 0.6) is 0 Å². The highest BCUT2D eigenvalue weighted by Crippen LogP contribution is 2.13. The molecule has 0 unspecified atom stereocenters. The smallest absolute Gasteiger partial charge is 0.254 e. The maximum absolute atomic E-state index is 12.0. The number of aromatic nitrogens is 3. The van der Waals surface area contributed by atoms with E-state index in [0.29, 0.717) is 12.2 Å². The molecule has 0 atom stereocenters. The van der Waals surface area contributed by atoms with Gasteiger partial charge in [-0.25, -0.2) is 9.97 Å². The van der Waals surface area contributed by atoms with Gasteiger partial charge in [0.05, 0.1) is 0 Å². The van der Waals surface area contributed by atoms with Gasteiger partial charge >= 0.3 is 0 Å². The van der Waals surface area contributed by atoms with Gasteiger partial charge in [-0.2, -0.15) is 0 Å². The number of rotatable bonds is 4. The molecule has 0 saturated heterocycles. The molecule has 0 fully saturated rings. The van der Waals surface area contributed by atoms with Gasteiger partial charge in [0, 0.05) is 17.0 Å². The van der Waals surface area contributed by atoms with Crippen LogP contribution in [-0.4, -0.2) is 15.0 Å². The molecule has 0 radical (unpaired) electrons. The van der Waals surface area contributed by atoms with E-state index in [-0.39, 0.29) is 5.56 Å². The lowest BCUT2D eigenvalue weighted by Gasteiger charge is -2.06. The lowest BCUT2D eigenvalue weighted by Crippen LogP contribution is -2.17. The lowest BCUT2D eigenvalue weighted by atomic mass is 10.2. The molecule has 2 rings (SSSR count). The molecule has 4 nitrogen and oxygen atoms in total. The molecule has 0 saturated carbocycles. The van der Waals surface area contributed by atoms with Crippen molar-refractivity contribution < 1.29 is 0 Å². The topological polar surface area (TPSA) is 58.6 Å². The normalized spacial score (nSPS) is 10.7. The van der Waals surface area contributed by atoms with Crippen LogP contribution in [0.15, 0.2) is 23.0 Å². The summed E-state index contributed by atoms with van der Waals surface area (Å²) in [5.41, 5.74) is 3.22. The third kappa shape index (κ3) is 2.89. The van der Waals surface area contributed by atoms with Crippen LogP contribution in [0.4, 0.5) is 0 Å². The van der Waals surface area contributed by atoms with Crippen LogP contribution in [0.3, 0.4) is 0 Å². The minimum atomic E-state index is -0.0623. The van der Waals surface area contributed by atoms with Gasteiger partial charge in [0.15, 0.2) is 5.82 Å². The zero-order valence-electron chi connectivity index (χ0n) is 11.7. The van der Waals surface area contributed by atoms with Crippen molar-refractivity contribution >= 4 is 0 Å². The fraction of sp³-hybridized carbons (Fsp3) is 0.400. The second-order valence-electron chi connectivity index (χ2n) is 4.60. The Balaban J connectivity index is 2.47. The Kier molecular flexibility index (Phi) is 4.10. The molecule has 0 bridgehead atoms. The maximum Gasteiger partial charge on any atom is 0.254 e. The van der Waals surface area contributed by atoms with Crippen LogP contribution < -0.4 is 5.56 Å². The number of H-pyrrole nitrogens is 1. The first kappa shape index (κ1) is 13.5. The molecule has 2 aromatic rings. The van der Waals surface area contributed by atoms with Crippen LogP contribution in [-0.2, 0) is 12.8 Å². The molecule has 0 aliphatic rings. The largest absolute Gasteiger partial charge is 0.305 e. The number of hydrogen-bond acceptors (Lipinski definition) is 3. The predicted molar refractivity (Wildman–Crippen MR) is 76.2 cm³/mol. The van der Waals surface area contributed by atoms with E-state index in [1.54, 1.807) is 0 Å². The summed E-state index contributed by atoms with van der Waals surface area (Å²) in [5, 5.41) is 0. The minimum Gasteiger partial charge on any atom is -0.305 e. The van der Waals surface area contributed by atoms with E-state index in [2.05, 4.69) is 21.9 Å². The molecule has 0 spiro atoms. The number of nitrogens with zero attached hydrogens (tertiary/aromatic N) is 2. The van der Waals surface area contributed by atoms with Gasteiger partial charge in [-0.1, -0.05) is 26.3 Å². The third-order valence-electron chi connectivity index (χ3n) is 3.13. The molecule has 100 valence electrons. The Labute approximate surface area is 112 Å². The molecule has 1 N–H and O–H groups in total. The summed E-state index contributed by atoms with van der Waals surface area (Å²) in [5.74, 6) is 0.553. The summed E-state index contributed by atoms with van der Waals surface area (Å²) in [4.78, 5) is 23.8. The second kappa shape index (κ2) is 5.78. The van der Waals surface area contributed by atoms with Gasteiger partial charge in [0.25, 0.3) is 5.56 Å². The summed E-state index contributed by atoms with van der Waals surface area (Å²) in [6.45, 7) is 5.95. The van der Waals surface area contributed by atoms with Crippen molar-refractivity contribution in [2.45, 2.75) is 40.0 Å². The Morgan fingerprint density at radius 2 is 2.00 bits per heavy atom. The van der Waals surface area contributed by atoms with Gasteiger partial charge < -0.3 is 4.98 Å². The number of aryl methyl sites for hydroxylation is 2. The molecule has 19 heavy (non-hydrogen) atoms. The maximum atomic E-state index is 12.0. The molecule has 2 heterocycles. The van der Waals surface area contributed by atoms with Crippen LogP contribution in [0, 0.1) is 6.92 Å². The highest BCUT2D eigenvalue weighted by atomic mass is 16.1. The standard InChI is InChI=1S/C15H19N3O/c1-4-7-11-8-6-9-13(17-11)14-16-10(3)12(5-2)15(19)18-14/h6,8-9H,4-5,7H2,1-3H3,(H,16,18,19). The van der Waals surface area contributed by atoms with E-state index in [4.69, 9.17) is 0 Å². The zero-order valence-corrected chi connectivity index (χ0v) is 11.7. The Morgan fingerprint density at radius 3 is 2.63 bits per heavy atom. The average Bonchev–Trinajstić information content (AvgIpc) is 2.39. The van der Waals surface area contributed by atoms with E-state index in [1.165, 1.54) is 0 Å². The first-order chi connectivity index (χ1) is 9.15. The van der Waals surface area contributed by atoms with E-state index >= 15 is 0 Å². The molecule has 0 aliphatic carbocycles. The quantitative estimate of drug-likeness (QED) is 0.916. The fourth-order valence-corrected chi connectivity index (χ4v) is 2.15. The molecule has 0 aromatic carbocycles. The highest BCUT2D eigenvalue weighted by molar-refractivity contribution is 5.49. The van der Waals surface area contributed by atoms with Crippen molar-refractivity contribution in [2.24, 2.45) is 0 Å². The van der Waals surface area contributed by atoms with E-state index in [1.807, 2.05) is 32.0 Å². The molecule has 0 aliphatic heterocycles. The van der Waals surface area contributed by atoms with Crippen LogP contribution >= 0.6 is 0 Å². The SMILES string of the molecule is CCCc1cccc(-c2nc(C)c(CC)c(=O)[nH]2)n1. The Hall–Kier alpha value is -1.97. The summed E-state index contributed by atoms with van der Waals surface area (Å²) in [6, 6.07) is 5.83. The Morgan fingerprint density at radius 1 is 1.21 bits per heavy atom. The van der Waals surface area contributed by atoms with Gasteiger partial charge in [-0.15, -0.1) is 0 Å². The summed E-state index contributed by atoms with van der Waals surface area (Å²) >= 11 is 0. The number of nitrogens with one attached hydrogen (secondary N) is 1. The van der Waals surface area contributed by atoms with Crippen molar-refractivity contribution in [1.29, 1.82) is 0 Å². The average molecular weight is 257 g/mol. The number of aromatic amines is 1. The van der Waals surface area contributed by atoms with Crippen LogP contribution in [0.2, 0.25) is 0 Å². The summed E-state index contributed by atoms with van der Waals surface area (Å²) < 4.78 is 0. The molecule has 4 heteroatoms.